The third kappa shape index (κ3) is 7.07. The van der Waals surface area contributed by atoms with Gasteiger partial charge in [-0.1, -0.05) is 0 Å². The normalized spacial score (nSPS) is 21.8. The van der Waals surface area contributed by atoms with E-state index < -0.39 is 0 Å². The van der Waals surface area contributed by atoms with Crippen LogP contribution in [0.2, 0.25) is 0 Å². The third-order valence-electron chi connectivity index (χ3n) is 2.57. The van der Waals surface area contributed by atoms with Gasteiger partial charge in [-0.15, -0.1) is 12.4 Å². The average Bonchev–Trinajstić information content (AvgIpc) is 2.28. The number of ether oxygens (including phenoxy) is 1. The summed E-state index contributed by atoms with van der Waals surface area (Å²) < 4.78 is 5.32. The maximum Gasteiger partial charge on any atom is 0.306 e. The van der Waals surface area contributed by atoms with E-state index in [1.165, 1.54) is 6.42 Å². The second-order valence-electron chi connectivity index (χ2n) is 5.34. The topological polar surface area (TPSA) is 38.3 Å². The number of carbonyl (C=O) groups is 1. The lowest BCUT2D eigenvalue weighted by Crippen LogP contribution is -2.25. The zero-order valence-corrected chi connectivity index (χ0v) is 11.4. The summed E-state index contributed by atoms with van der Waals surface area (Å²) >= 11 is 0. The van der Waals surface area contributed by atoms with E-state index in [0.29, 0.717) is 12.3 Å². The zero-order valence-electron chi connectivity index (χ0n) is 10.5. The first kappa shape index (κ1) is 15.7. The molecule has 0 aliphatic carbocycles. The van der Waals surface area contributed by atoms with Gasteiger partial charge in [0.05, 0.1) is 0 Å². The van der Waals surface area contributed by atoms with Gasteiger partial charge in [0.2, 0.25) is 0 Å². The van der Waals surface area contributed by atoms with Crippen LogP contribution in [-0.4, -0.2) is 24.7 Å². The molecule has 0 radical (unpaired) electrons. The molecule has 0 spiro atoms. The van der Waals surface area contributed by atoms with Gasteiger partial charge < -0.3 is 10.1 Å². The molecule has 4 heteroatoms. The molecule has 1 N–H and O–H groups in total. The van der Waals surface area contributed by atoms with Crippen molar-refractivity contribution in [1.29, 1.82) is 0 Å². The van der Waals surface area contributed by atoms with Crippen LogP contribution in [0.5, 0.6) is 0 Å². The molecule has 0 aromatic carbocycles. The van der Waals surface area contributed by atoms with Gasteiger partial charge in [-0.2, -0.15) is 0 Å². The molecule has 1 rings (SSSR count). The summed E-state index contributed by atoms with van der Waals surface area (Å²) in [5.41, 5.74) is -0.347. The molecule has 1 unspecified atom stereocenters. The standard InChI is InChI=1S/C12H23NO2.ClH/c1-12(2,3)15-11(14)9-10-5-4-7-13-8-6-10;/h10,13H,4-9H2,1-3H3;1H. The molecule has 1 aliphatic heterocycles. The van der Waals surface area contributed by atoms with E-state index >= 15 is 0 Å². The van der Waals surface area contributed by atoms with Gasteiger partial charge in [-0.25, -0.2) is 0 Å². The summed E-state index contributed by atoms with van der Waals surface area (Å²) in [4.78, 5) is 11.6. The van der Waals surface area contributed by atoms with Crippen molar-refractivity contribution in [3.05, 3.63) is 0 Å². The minimum Gasteiger partial charge on any atom is -0.460 e. The fourth-order valence-corrected chi connectivity index (χ4v) is 1.91. The molecule has 0 aromatic rings. The zero-order chi connectivity index (χ0) is 11.3. The Morgan fingerprint density at radius 2 is 2.00 bits per heavy atom. The first-order valence-corrected chi connectivity index (χ1v) is 5.90. The first-order chi connectivity index (χ1) is 6.97. The van der Waals surface area contributed by atoms with Crippen molar-refractivity contribution < 1.29 is 9.53 Å². The summed E-state index contributed by atoms with van der Waals surface area (Å²) in [5.74, 6) is 0.462. The second-order valence-corrected chi connectivity index (χ2v) is 5.34. The van der Waals surface area contributed by atoms with Crippen LogP contribution in [0.15, 0.2) is 0 Å². The summed E-state index contributed by atoms with van der Waals surface area (Å²) in [5, 5.41) is 3.35. The summed E-state index contributed by atoms with van der Waals surface area (Å²) in [7, 11) is 0. The lowest BCUT2D eigenvalue weighted by Gasteiger charge is -2.21. The number of hydrogen-bond donors (Lipinski definition) is 1. The van der Waals surface area contributed by atoms with Crippen molar-refractivity contribution in [1.82, 2.24) is 5.32 Å². The molecule has 3 nitrogen and oxygen atoms in total. The Morgan fingerprint density at radius 1 is 1.31 bits per heavy atom. The molecular formula is C12H24ClNO2. The third-order valence-corrected chi connectivity index (χ3v) is 2.57. The fourth-order valence-electron chi connectivity index (χ4n) is 1.91. The monoisotopic (exact) mass is 249 g/mol. The molecule has 96 valence electrons. The van der Waals surface area contributed by atoms with Gasteiger partial charge in [-0.3, -0.25) is 4.79 Å². The van der Waals surface area contributed by atoms with Crippen molar-refractivity contribution in [2.45, 2.75) is 52.1 Å². The van der Waals surface area contributed by atoms with E-state index in [0.717, 1.165) is 25.9 Å². The highest BCUT2D eigenvalue weighted by Crippen LogP contribution is 2.19. The molecule has 1 saturated heterocycles. The van der Waals surface area contributed by atoms with Gasteiger partial charge in [0.25, 0.3) is 0 Å². The largest absolute Gasteiger partial charge is 0.460 e. The molecule has 1 heterocycles. The van der Waals surface area contributed by atoms with Crippen LogP contribution in [0, 0.1) is 5.92 Å². The maximum atomic E-state index is 11.6. The average molecular weight is 250 g/mol. The van der Waals surface area contributed by atoms with Gasteiger partial charge in [-0.05, 0) is 59.0 Å². The molecule has 0 aromatic heterocycles. The van der Waals surface area contributed by atoms with Crippen LogP contribution in [0.4, 0.5) is 0 Å². The van der Waals surface area contributed by atoms with Gasteiger partial charge in [0, 0.05) is 6.42 Å². The van der Waals surface area contributed by atoms with Crippen LogP contribution >= 0.6 is 12.4 Å². The first-order valence-electron chi connectivity index (χ1n) is 5.90. The Hall–Kier alpha value is -0.280. The summed E-state index contributed by atoms with van der Waals surface area (Å²) in [6.45, 7) is 7.87. The number of nitrogens with one attached hydrogen (secondary N) is 1. The minimum absolute atomic E-state index is 0. The van der Waals surface area contributed by atoms with Crippen molar-refractivity contribution in [3.8, 4) is 0 Å². The fraction of sp³-hybridized carbons (Fsp3) is 0.917. The van der Waals surface area contributed by atoms with Crippen molar-refractivity contribution in [2.24, 2.45) is 5.92 Å². The minimum atomic E-state index is -0.347. The predicted molar refractivity (Wildman–Crippen MR) is 67.9 cm³/mol. The van der Waals surface area contributed by atoms with E-state index in [1.807, 2.05) is 20.8 Å². The van der Waals surface area contributed by atoms with Crippen molar-refractivity contribution in [3.63, 3.8) is 0 Å². The van der Waals surface area contributed by atoms with E-state index in [9.17, 15) is 4.79 Å². The Morgan fingerprint density at radius 3 is 2.62 bits per heavy atom. The number of carbonyl (C=O) groups excluding carboxylic acids is 1. The molecule has 0 saturated carbocycles. The molecule has 0 amide bonds. The summed E-state index contributed by atoms with van der Waals surface area (Å²) in [6, 6.07) is 0. The van der Waals surface area contributed by atoms with Crippen LogP contribution in [0.25, 0.3) is 0 Å². The number of halogens is 1. The highest BCUT2D eigenvalue weighted by molar-refractivity contribution is 5.85. The van der Waals surface area contributed by atoms with E-state index in [4.69, 9.17) is 4.74 Å². The van der Waals surface area contributed by atoms with Crippen LogP contribution in [0.1, 0.15) is 46.5 Å². The van der Waals surface area contributed by atoms with E-state index in [-0.39, 0.29) is 24.0 Å². The summed E-state index contributed by atoms with van der Waals surface area (Å²) in [6.07, 6.45) is 4.00. The van der Waals surface area contributed by atoms with E-state index in [2.05, 4.69) is 5.32 Å². The number of esters is 1. The van der Waals surface area contributed by atoms with Crippen LogP contribution < -0.4 is 5.32 Å². The SMILES string of the molecule is CC(C)(C)OC(=O)CC1CCCNCC1.Cl. The van der Waals surface area contributed by atoms with Crippen LogP contribution in [0.3, 0.4) is 0 Å². The van der Waals surface area contributed by atoms with Gasteiger partial charge in [0.1, 0.15) is 5.60 Å². The maximum absolute atomic E-state index is 11.6. The smallest absolute Gasteiger partial charge is 0.306 e. The van der Waals surface area contributed by atoms with Crippen molar-refractivity contribution >= 4 is 18.4 Å². The Bertz CT molecular complexity index is 206. The number of hydrogen-bond acceptors (Lipinski definition) is 3. The Labute approximate surface area is 105 Å². The molecule has 1 aliphatic rings. The highest BCUT2D eigenvalue weighted by atomic mass is 35.5. The van der Waals surface area contributed by atoms with Crippen LogP contribution in [-0.2, 0) is 9.53 Å². The van der Waals surface area contributed by atoms with E-state index in [1.54, 1.807) is 0 Å². The lowest BCUT2D eigenvalue weighted by atomic mass is 9.97. The Kier molecular flexibility index (Phi) is 7.00. The lowest BCUT2D eigenvalue weighted by molar-refractivity contribution is -0.156. The number of rotatable bonds is 2. The highest BCUT2D eigenvalue weighted by Gasteiger charge is 2.21. The molecular weight excluding hydrogens is 226 g/mol. The van der Waals surface area contributed by atoms with Crippen molar-refractivity contribution in [2.75, 3.05) is 13.1 Å². The molecule has 0 bridgehead atoms. The van der Waals surface area contributed by atoms with Gasteiger partial charge >= 0.3 is 5.97 Å². The molecule has 16 heavy (non-hydrogen) atoms. The Balaban J connectivity index is 0.00000225. The van der Waals surface area contributed by atoms with Gasteiger partial charge in [0.15, 0.2) is 0 Å². The predicted octanol–water partition coefficient (Wildman–Crippen LogP) is 2.53. The second kappa shape index (κ2) is 7.13. The molecule has 1 atom stereocenters. The quantitative estimate of drug-likeness (QED) is 0.765. The molecule has 1 fully saturated rings.